The number of rotatable bonds is 4. The maximum atomic E-state index is 12.2. The molecular weight excluding hydrogens is 370 g/mol. The third kappa shape index (κ3) is 3.17. The molecule has 0 atom stereocenters. The van der Waals surface area contributed by atoms with Crippen LogP contribution in [0, 0.1) is 6.92 Å². The lowest BCUT2D eigenvalue weighted by atomic mass is 10.2. The van der Waals surface area contributed by atoms with Crippen LogP contribution in [-0.2, 0) is 16.6 Å². The second kappa shape index (κ2) is 5.77. The number of anilines is 1. The summed E-state index contributed by atoms with van der Waals surface area (Å²) in [5, 5.41) is 9.26. The van der Waals surface area contributed by atoms with Gasteiger partial charge in [-0.05, 0) is 40.5 Å². The molecule has 8 heteroatoms. The molecule has 0 unspecified atom stereocenters. The third-order valence-corrected chi connectivity index (χ3v) is 5.06. The van der Waals surface area contributed by atoms with E-state index in [2.05, 4.69) is 20.7 Å². The van der Waals surface area contributed by atoms with Crippen molar-refractivity contribution < 1.29 is 17.9 Å². The number of aryl methyl sites for hydroxylation is 1. The van der Waals surface area contributed by atoms with Crippen LogP contribution in [0.2, 0.25) is 5.02 Å². The van der Waals surface area contributed by atoms with Crippen molar-refractivity contribution in [2.24, 2.45) is 0 Å². The van der Waals surface area contributed by atoms with E-state index in [-0.39, 0.29) is 27.6 Å². The number of halogens is 2. The first-order valence-corrected chi connectivity index (χ1v) is 8.17. The number of aliphatic hydroxyl groups excluding tert-OH is 1. The molecule has 1 aromatic heterocycles. The predicted molar refractivity (Wildman–Crippen MR) is 79.3 cm³/mol. The minimum Gasteiger partial charge on any atom is -0.450 e. The van der Waals surface area contributed by atoms with Crippen LogP contribution in [0.4, 0.5) is 5.69 Å². The van der Waals surface area contributed by atoms with Gasteiger partial charge in [-0.15, -0.1) is 0 Å². The molecule has 0 aliphatic heterocycles. The molecule has 0 fully saturated rings. The van der Waals surface area contributed by atoms with Crippen molar-refractivity contribution in [3.8, 4) is 0 Å². The summed E-state index contributed by atoms with van der Waals surface area (Å²) in [5.41, 5.74) is 1.20. The average Bonchev–Trinajstić information content (AvgIpc) is 2.75. The van der Waals surface area contributed by atoms with Crippen molar-refractivity contribution >= 4 is 43.2 Å². The first-order valence-electron chi connectivity index (χ1n) is 5.51. The Balaban J connectivity index is 2.38. The van der Waals surface area contributed by atoms with E-state index in [0.29, 0.717) is 5.02 Å². The predicted octanol–water partition coefficient (Wildman–Crippen LogP) is 3.30. The van der Waals surface area contributed by atoms with Crippen LogP contribution in [0.25, 0.3) is 0 Å². The van der Waals surface area contributed by atoms with Crippen LogP contribution in [0.1, 0.15) is 11.3 Å². The maximum Gasteiger partial charge on any atom is 0.266 e. The van der Waals surface area contributed by atoms with Crippen molar-refractivity contribution in [2.75, 3.05) is 4.72 Å². The zero-order valence-electron chi connectivity index (χ0n) is 10.4. The molecule has 2 aromatic rings. The Morgan fingerprint density at radius 2 is 2.10 bits per heavy atom. The van der Waals surface area contributed by atoms with Gasteiger partial charge in [0.25, 0.3) is 10.0 Å². The number of aliphatic hydroxyl groups is 1. The summed E-state index contributed by atoms with van der Waals surface area (Å²) in [7, 11) is -3.85. The Labute approximate surface area is 129 Å². The Morgan fingerprint density at radius 1 is 1.40 bits per heavy atom. The molecule has 0 spiro atoms. The summed E-state index contributed by atoms with van der Waals surface area (Å²) < 4.78 is 31.9. The molecule has 0 amide bonds. The van der Waals surface area contributed by atoms with Crippen LogP contribution in [0.3, 0.4) is 0 Å². The molecule has 108 valence electrons. The second-order valence-electron chi connectivity index (χ2n) is 4.10. The number of hydrogen-bond acceptors (Lipinski definition) is 4. The van der Waals surface area contributed by atoms with Gasteiger partial charge in [-0.2, -0.15) is 0 Å². The highest BCUT2D eigenvalue weighted by molar-refractivity contribution is 9.10. The van der Waals surface area contributed by atoms with Gasteiger partial charge in [0.15, 0.2) is 4.67 Å². The molecular formula is C12H11BrClNO4S. The van der Waals surface area contributed by atoms with E-state index in [1.807, 2.05) is 6.92 Å². The van der Waals surface area contributed by atoms with E-state index in [1.165, 1.54) is 6.07 Å². The fraction of sp³-hybridized carbons (Fsp3) is 0.167. The summed E-state index contributed by atoms with van der Waals surface area (Å²) in [6.45, 7) is 1.46. The van der Waals surface area contributed by atoms with E-state index in [9.17, 15) is 8.42 Å². The molecule has 0 radical (unpaired) electrons. The lowest BCUT2D eigenvalue weighted by molar-refractivity contribution is 0.245. The first kappa shape index (κ1) is 15.4. The standard InChI is InChI=1S/C12H11BrClNO4S/c1-7-2-3-10(9(14)4-7)15-20(17,18)11-5-8(6-16)19-12(11)13/h2-5,15-16H,6H2,1H3. The van der Waals surface area contributed by atoms with E-state index >= 15 is 0 Å². The number of furan rings is 1. The molecule has 0 aliphatic rings. The summed E-state index contributed by atoms with van der Waals surface area (Å²) in [5.74, 6) is 0.146. The van der Waals surface area contributed by atoms with Crippen LogP contribution >= 0.6 is 27.5 Å². The van der Waals surface area contributed by atoms with E-state index in [1.54, 1.807) is 18.2 Å². The monoisotopic (exact) mass is 379 g/mol. The number of hydrogen-bond donors (Lipinski definition) is 2. The summed E-state index contributed by atoms with van der Waals surface area (Å²) in [6.07, 6.45) is 0. The molecule has 0 saturated carbocycles. The van der Waals surface area contributed by atoms with Crippen molar-refractivity contribution in [2.45, 2.75) is 18.4 Å². The molecule has 0 aliphatic carbocycles. The average molecular weight is 381 g/mol. The summed E-state index contributed by atoms with van der Waals surface area (Å²) in [4.78, 5) is -0.0989. The van der Waals surface area contributed by atoms with Gasteiger partial charge in [0.2, 0.25) is 0 Å². The number of benzene rings is 1. The maximum absolute atomic E-state index is 12.2. The van der Waals surface area contributed by atoms with Gasteiger partial charge >= 0.3 is 0 Å². The zero-order valence-corrected chi connectivity index (χ0v) is 13.5. The highest BCUT2D eigenvalue weighted by Crippen LogP contribution is 2.30. The van der Waals surface area contributed by atoms with Gasteiger partial charge < -0.3 is 9.52 Å². The van der Waals surface area contributed by atoms with Crippen LogP contribution in [0.15, 0.2) is 38.2 Å². The van der Waals surface area contributed by atoms with Crippen LogP contribution < -0.4 is 4.72 Å². The number of sulfonamides is 1. The molecule has 0 saturated heterocycles. The molecule has 1 heterocycles. The summed E-state index contributed by atoms with van der Waals surface area (Å²) in [6, 6.07) is 6.22. The van der Waals surface area contributed by atoms with Crippen LogP contribution in [0.5, 0.6) is 0 Å². The Kier molecular flexibility index (Phi) is 4.43. The SMILES string of the molecule is Cc1ccc(NS(=O)(=O)c2cc(CO)oc2Br)c(Cl)c1. The van der Waals surface area contributed by atoms with Gasteiger partial charge in [-0.25, -0.2) is 8.42 Å². The smallest absolute Gasteiger partial charge is 0.266 e. The largest absolute Gasteiger partial charge is 0.450 e. The Hall–Kier alpha value is -1.02. The van der Waals surface area contributed by atoms with Gasteiger partial charge in [0, 0.05) is 6.07 Å². The quantitative estimate of drug-likeness (QED) is 0.853. The van der Waals surface area contributed by atoms with Crippen molar-refractivity contribution in [3.05, 3.63) is 45.3 Å². The normalized spacial score (nSPS) is 11.6. The second-order valence-corrected chi connectivity index (χ2v) is 6.88. The lowest BCUT2D eigenvalue weighted by Crippen LogP contribution is -2.13. The Bertz CT molecular complexity index is 742. The Morgan fingerprint density at radius 3 is 2.65 bits per heavy atom. The topological polar surface area (TPSA) is 79.5 Å². The van der Waals surface area contributed by atoms with Gasteiger partial charge in [-0.1, -0.05) is 17.7 Å². The fourth-order valence-corrected chi connectivity index (χ4v) is 3.98. The van der Waals surface area contributed by atoms with Gasteiger partial charge in [0.05, 0.1) is 10.7 Å². The highest BCUT2D eigenvalue weighted by Gasteiger charge is 2.23. The van der Waals surface area contributed by atoms with Crippen molar-refractivity contribution in [3.63, 3.8) is 0 Å². The van der Waals surface area contributed by atoms with Crippen LogP contribution in [-0.4, -0.2) is 13.5 Å². The minimum atomic E-state index is -3.85. The zero-order chi connectivity index (χ0) is 14.9. The van der Waals surface area contributed by atoms with Crippen molar-refractivity contribution in [1.82, 2.24) is 0 Å². The summed E-state index contributed by atoms with van der Waals surface area (Å²) >= 11 is 9.00. The fourth-order valence-electron chi connectivity index (χ4n) is 1.56. The van der Waals surface area contributed by atoms with Gasteiger partial charge in [0.1, 0.15) is 17.3 Å². The van der Waals surface area contributed by atoms with Gasteiger partial charge in [-0.3, -0.25) is 4.72 Å². The third-order valence-electron chi connectivity index (χ3n) is 2.52. The highest BCUT2D eigenvalue weighted by atomic mass is 79.9. The van der Waals surface area contributed by atoms with E-state index in [0.717, 1.165) is 5.56 Å². The molecule has 2 rings (SSSR count). The minimum absolute atomic E-state index is 0.0253. The lowest BCUT2D eigenvalue weighted by Gasteiger charge is -2.08. The molecule has 0 bridgehead atoms. The molecule has 1 aromatic carbocycles. The van der Waals surface area contributed by atoms with E-state index < -0.39 is 10.0 Å². The molecule has 2 N–H and O–H groups in total. The first-order chi connectivity index (χ1) is 9.33. The van der Waals surface area contributed by atoms with Crippen molar-refractivity contribution in [1.29, 1.82) is 0 Å². The van der Waals surface area contributed by atoms with E-state index in [4.69, 9.17) is 21.1 Å². The molecule has 20 heavy (non-hydrogen) atoms. The number of nitrogens with one attached hydrogen (secondary N) is 1. The molecule has 5 nitrogen and oxygen atoms in total.